The van der Waals surface area contributed by atoms with Crippen LogP contribution in [0.25, 0.3) is 22.6 Å². The molecule has 6 rings (SSSR count). The average Bonchev–Trinajstić information content (AvgIpc) is 3.77. The molecule has 1 saturated carbocycles. The van der Waals surface area contributed by atoms with Crippen LogP contribution in [0.2, 0.25) is 0 Å². The number of rotatable bonds is 5. The Kier molecular flexibility index (Phi) is 5.75. The van der Waals surface area contributed by atoms with E-state index in [9.17, 15) is 10.1 Å². The van der Waals surface area contributed by atoms with Crippen molar-refractivity contribution in [2.45, 2.75) is 63.7 Å². The molecule has 0 spiro atoms. The van der Waals surface area contributed by atoms with Crippen LogP contribution < -0.4 is 0 Å². The monoisotopic (exact) mass is 492 g/mol. The third kappa shape index (κ3) is 3.80. The molecule has 0 radical (unpaired) electrons. The minimum absolute atomic E-state index is 0.0280. The van der Waals surface area contributed by atoms with E-state index < -0.39 is 5.41 Å². The van der Waals surface area contributed by atoms with Crippen molar-refractivity contribution in [3.8, 4) is 28.7 Å². The highest BCUT2D eigenvalue weighted by Crippen LogP contribution is 2.53. The zero-order chi connectivity index (χ0) is 25.7. The van der Waals surface area contributed by atoms with Crippen molar-refractivity contribution < 1.29 is 9.18 Å². The second kappa shape index (κ2) is 8.99. The number of carbonyl (C=O) groups excluding carboxylic acids is 1. The Morgan fingerprint density at radius 3 is 2.70 bits per heavy atom. The van der Waals surface area contributed by atoms with Crippen molar-refractivity contribution in [2.75, 3.05) is 0 Å². The van der Waals surface area contributed by atoms with E-state index in [-0.39, 0.29) is 29.0 Å². The van der Waals surface area contributed by atoms with Crippen molar-refractivity contribution in [3.63, 3.8) is 0 Å². The van der Waals surface area contributed by atoms with E-state index in [1.165, 1.54) is 6.07 Å². The molecule has 1 aromatic carbocycles. The molecule has 1 fully saturated rings. The standard InChI is InChI=1S/C31H29FN4O/c1-3-13-31-16-21(17-33)28(37)18(2)24(31)11-10-23-27(22-6-4-5-7-25(22)32)35-30(36-29(23)31)20-12-14-34-26(15-20)19-8-9-19/h4-7,12,14-16,18-19,24H,3,8-11,13H2,1-2H3/t18-,24-,31-/m1/s1. The lowest BCUT2D eigenvalue weighted by atomic mass is 9.55. The summed E-state index contributed by atoms with van der Waals surface area (Å²) < 4.78 is 15.2. The van der Waals surface area contributed by atoms with Gasteiger partial charge in [0.2, 0.25) is 0 Å². The van der Waals surface area contributed by atoms with Gasteiger partial charge < -0.3 is 0 Å². The summed E-state index contributed by atoms with van der Waals surface area (Å²) in [5.41, 5.74) is 4.34. The summed E-state index contributed by atoms with van der Waals surface area (Å²) in [6.45, 7) is 4.06. The van der Waals surface area contributed by atoms with Crippen LogP contribution >= 0.6 is 0 Å². The lowest BCUT2D eigenvalue weighted by molar-refractivity contribution is -0.121. The predicted molar refractivity (Wildman–Crippen MR) is 139 cm³/mol. The van der Waals surface area contributed by atoms with Gasteiger partial charge >= 0.3 is 0 Å². The Hall–Kier alpha value is -3.72. The molecule has 3 aromatic rings. The van der Waals surface area contributed by atoms with E-state index in [1.807, 2.05) is 25.1 Å². The molecule has 0 amide bonds. The molecule has 0 unspecified atom stereocenters. The van der Waals surface area contributed by atoms with Gasteiger partial charge in [0.25, 0.3) is 0 Å². The lowest BCUT2D eigenvalue weighted by Crippen LogP contribution is -2.48. The Morgan fingerprint density at radius 1 is 1.16 bits per heavy atom. The molecular formula is C31H29FN4O. The van der Waals surface area contributed by atoms with E-state index >= 15 is 4.39 Å². The Balaban J connectivity index is 1.66. The third-order valence-electron chi connectivity index (χ3n) is 8.45. The van der Waals surface area contributed by atoms with Crippen LogP contribution in [0.5, 0.6) is 0 Å². The van der Waals surface area contributed by atoms with Gasteiger partial charge in [-0.1, -0.05) is 38.5 Å². The SMILES string of the molecule is CCC[C@@]12C=C(C#N)C(=O)[C@H](C)[C@H]1CCc1c(-c3ccccc3F)nc(-c3ccnc(C4CC4)c3)nc12. The van der Waals surface area contributed by atoms with Gasteiger partial charge in [-0.05, 0) is 62.3 Å². The molecule has 2 heterocycles. The maximum atomic E-state index is 15.2. The first-order valence-electron chi connectivity index (χ1n) is 13.3. The second-order valence-corrected chi connectivity index (χ2v) is 10.7. The van der Waals surface area contributed by atoms with Crippen LogP contribution in [0.4, 0.5) is 4.39 Å². The molecule has 0 bridgehead atoms. The quantitative estimate of drug-likeness (QED) is 0.407. The highest BCUT2D eigenvalue weighted by molar-refractivity contribution is 6.02. The molecule has 0 saturated heterocycles. The van der Waals surface area contributed by atoms with E-state index in [0.717, 1.165) is 54.6 Å². The fraction of sp³-hybridized carbons (Fsp3) is 0.387. The molecule has 0 aliphatic heterocycles. The van der Waals surface area contributed by atoms with Crippen LogP contribution in [-0.2, 0) is 16.6 Å². The summed E-state index contributed by atoms with van der Waals surface area (Å²) in [4.78, 5) is 27.8. The van der Waals surface area contributed by atoms with Gasteiger partial charge in [-0.2, -0.15) is 5.26 Å². The van der Waals surface area contributed by atoms with Crippen LogP contribution in [-0.4, -0.2) is 20.7 Å². The number of aromatic nitrogens is 3. The average molecular weight is 493 g/mol. The van der Waals surface area contributed by atoms with Gasteiger partial charge in [0.15, 0.2) is 11.6 Å². The van der Waals surface area contributed by atoms with Gasteiger partial charge in [-0.3, -0.25) is 9.78 Å². The van der Waals surface area contributed by atoms with Crippen LogP contribution in [0.3, 0.4) is 0 Å². The number of nitriles is 1. The summed E-state index contributed by atoms with van der Waals surface area (Å²) in [5.74, 6) is 0.348. The predicted octanol–water partition coefficient (Wildman–Crippen LogP) is 6.49. The lowest BCUT2D eigenvalue weighted by Gasteiger charge is -2.48. The highest BCUT2D eigenvalue weighted by atomic mass is 19.1. The zero-order valence-corrected chi connectivity index (χ0v) is 21.2. The number of pyridine rings is 1. The number of halogens is 1. The number of ketones is 1. The van der Waals surface area contributed by atoms with Gasteiger partial charge in [-0.15, -0.1) is 0 Å². The first kappa shape index (κ1) is 23.7. The molecule has 5 nitrogen and oxygen atoms in total. The number of hydrogen-bond acceptors (Lipinski definition) is 5. The maximum absolute atomic E-state index is 15.2. The van der Waals surface area contributed by atoms with Crippen LogP contribution in [0, 0.1) is 29.0 Å². The van der Waals surface area contributed by atoms with Crippen molar-refractivity contribution in [2.24, 2.45) is 11.8 Å². The molecule has 37 heavy (non-hydrogen) atoms. The third-order valence-corrected chi connectivity index (χ3v) is 8.45. The first-order valence-corrected chi connectivity index (χ1v) is 13.3. The maximum Gasteiger partial charge on any atom is 0.176 e. The largest absolute Gasteiger partial charge is 0.293 e. The molecule has 6 heteroatoms. The van der Waals surface area contributed by atoms with E-state index in [2.05, 4.69) is 24.0 Å². The topological polar surface area (TPSA) is 79.5 Å². The number of nitrogens with zero attached hydrogens (tertiary/aromatic N) is 4. The Labute approximate surface area is 216 Å². The number of hydrogen-bond donors (Lipinski definition) is 0. The fourth-order valence-electron chi connectivity index (χ4n) is 6.54. The Bertz CT molecular complexity index is 1480. The summed E-state index contributed by atoms with van der Waals surface area (Å²) >= 11 is 0. The van der Waals surface area contributed by atoms with Gasteiger partial charge in [-0.25, -0.2) is 14.4 Å². The van der Waals surface area contributed by atoms with Gasteiger partial charge in [0.1, 0.15) is 11.9 Å². The molecule has 2 aromatic heterocycles. The van der Waals surface area contributed by atoms with Gasteiger partial charge in [0, 0.05) is 45.8 Å². The fourth-order valence-corrected chi connectivity index (χ4v) is 6.54. The van der Waals surface area contributed by atoms with Crippen molar-refractivity contribution in [3.05, 3.63) is 77.0 Å². The summed E-state index contributed by atoms with van der Waals surface area (Å²) in [6.07, 6.45) is 8.99. The minimum Gasteiger partial charge on any atom is -0.293 e. The smallest absolute Gasteiger partial charge is 0.176 e. The second-order valence-electron chi connectivity index (χ2n) is 10.7. The van der Waals surface area contributed by atoms with Crippen molar-refractivity contribution in [1.29, 1.82) is 5.26 Å². The normalized spacial score (nSPS) is 24.6. The molecule has 186 valence electrons. The van der Waals surface area contributed by atoms with E-state index in [4.69, 9.17) is 9.97 Å². The number of Topliss-reactive ketones (excluding diaryl/α,β-unsaturated/α-hetero) is 1. The number of fused-ring (bicyclic) bond motifs is 3. The first-order chi connectivity index (χ1) is 18.0. The molecule has 3 atom stereocenters. The summed E-state index contributed by atoms with van der Waals surface area (Å²) in [5, 5.41) is 9.86. The van der Waals surface area contributed by atoms with Crippen LogP contribution in [0.1, 0.15) is 68.8 Å². The van der Waals surface area contributed by atoms with E-state index in [1.54, 1.807) is 18.3 Å². The van der Waals surface area contributed by atoms with Crippen molar-refractivity contribution in [1.82, 2.24) is 15.0 Å². The minimum atomic E-state index is -0.579. The summed E-state index contributed by atoms with van der Waals surface area (Å²) in [6, 6.07) is 12.9. The van der Waals surface area contributed by atoms with Crippen LogP contribution in [0.15, 0.2) is 54.2 Å². The number of carbonyl (C=O) groups is 1. The van der Waals surface area contributed by atoms with Crippen molar-refractivity contribution >= 4 is 5.78 Å². The summed E-state index contributed by atoms with van der Waals surface area (Å²) in [7, 11) is 0. The molecule has 3 aliphatic rings. The van der Waals surface area contributed by atoms with E-state index in [0.29, 0.717) is 29.4 Å². The number of benzene rings is 1. The highest BCUT2D eigenvalue weighted by Gasteiger charge is 2.52. The molecular weight excluding hydrogens is 463 g/mol. The Morgan fingerprint density at radius 2 is 1.97 bits per heavy atom. The zero-order valence-electron chi connectivity index (χ0n) is 21.2. The molecule has 3 aliphatic carbocycles. The number of allylic oxidation sites excluding steroid dienone is 2. The van der Waals surface area contributed by atoms with Gasteiger partial charge in [0.05, 0.1) is 17.0 Å². The molecule has 0 N–H and O–H groups in total.